The van der Waals surface area contributed by atoms with Gasteiger partial charge in [0.25, 0.3) is 0 Å². The van der Waals surface area contributed by atoms with E-state index in [0.717, 1.165) is 39.6 Å². The van der Waals surface area contributed by atoms with Gasteiger partial charge < -0.3 is 9.47 Å². The van der Waals surface area contributed by atoms with E-state index in [2.05, 4.69) is 16.7 Å². The third-order valence-corrected chi connectivity index (χ3v) is 4.22. The predicted octanol–water partition coefficient (Wildman–Crippen LogP) is 4.71. The summed E-state index contributed by atoms with van der Waals surface area (Å²) < 4.78 is 12.8. The van der Waals surface area contributed by atoms with E-state index < -0.39 is 0 Å². The zero-order valence-electron chi connectivity index (χ0n) is 14.1. The van der Waals surface area contributed by atoms with Crippen LogP contribution in [-0.4, -0.2) is 23.8 Å². The molecule has 0 bridgehead atoms. The second kappa shape index (κ2) is 6.32. The lowest BCUT2D eigenvalue weighted by molar-refractivity contribution is 0.414. The number of para-hydroxylation sites is 2. The molecule has 25 heavy (non-hydrogen) atoms. The molecule has 4 aromatic rings. The van der Waals surface area contributed by atoms with Crippen molar-refractivity contribution >= 4 is 11.0 Å². The van der Waals surface area contributed by atoms with Crippen molar-refractivity contribution < 1.29 is 9.47 Å². The second-order valence-electron chi connectivity index (χ2n) is 5.69. The lowest BCUT2D eigenvalue weighted by Gasteiger charge is -2.11. The van der Waals surface area contributed by atoms with E-state index in [1.54, 1.807) is 14.2 Å². The Morgan fingerprint density at radius 1 is 0.760 bits per heavy atom. The molecule has 0 aliphatic carbocycles. The number of hydrogen-bond donors (Lipinski definition) is 0. The van der Waals surface area contributed by atoms with Crippen molar-refractivity contribution in [1.29, 1.82) is 0 Å². The monoisotopic (exact) mass is 330 g/mol. The van der Waals surface area contributed by atoms with Gasteiger partial charge in [0.2, 0.25) is 0 Å². The second-order valence-corrected chi connectivity index (χ2v) is 5.69. The van der Waals surface area contributed by atoms with Crippen LogP contribution >= 0.6 is 0 Å². The van der Waals surface area contributed by atoms with Crippen LogP contribution in [0, 0.1) is 0 Å². The molecule has 0 atom stereocenters. The van der Waals surface area contributed by atoms with Crippen LogP contribution in [0.3, 0.4) is 0 Å². The zero-order valence-corrected chi connectivity index (χ0v) is 14.1. The Bertz CT molecular complexity index is 1020. The van der Waals surface area contributed by atoms with Gasteiger partial charge >= 0.3 is 0 Å². The van der Waals surface area contributed by atoms with Crippen LogP contribution in [0.5, 0.6) is 11.5 Å². The third-order valence-electron chi connectivity index (χ3n) is 4.22. The molecule has 1 aromatic heterocycles. The van der Waals surface area contributed by atoms with Crippen molar-refractivity contribution in [1.82, 2.24) is 9.55 Å². The SMILES string of the molecule is COc1ccc(-c2nc3ccccc3n2-c2cccc(OC)c2)cc1. The van der Waals surface area contributed by atoms with Gasteiger partial charge in [0.15, 0.2) is 0 Å². The fourth-order valence-corrected chi connectivity index (χ4v) is 2.97. The Labute approximate surface area is 146 Å². The molecule has 0 aliphatic rings. The van der Waals surface area contributed by atoms with Gasteiger partial charge in [-0.3, -0.25) is 4.57 Å². The highest BCUT2D eigenvalue weighted by Crippen LogP contribution is 2.30. The minimum absolute atomic E-state index is 0.816. The van der Waals surface area contributed by atoms with Crippen LogP contribution < -0.4 is 9.47 Å². The quantitative estimate of drug-likeness (QED) is 0.544. The minimum atomic E-state index is 0.816. The molecule has 0 aliphatic heterocycles. The molecule has 0 radical (unpaired) electrons. The molecule has 4 rings (SSSR count). The van der Waals surface area contributed by atoms with E-state index in [4.69, 9.17) is 14.5 Å². The normalized spacial score (nSPS) is 10.8. The average Bonchev–Trinajstić information content (AvgIpc) is 3.07. The molecular weight excluding hydrogens is 312 g/mol. The van der Waals surface area contributed by atoms with Gasteiger partial charge in [-0.05, 0) is 48.5 Å². The largest absolute Gasteiger partial charge is 0.497 e. The van der Waals surface area contributed by atoms with Crippen molar-refractivity contribution in [3.05, 3.63) is 72.8 Å². The summed E-state index contributed by atoms with van der Waals surface area (Å²) in [5.41, 5.74) is 4.05. The first kappa shape index (κ1) is 15.3. The Morgan fingerprint density at radius 3 is 2.28 bits per heavy atom. The van der Waals surface area contributed by atoms with Crippen molar-refractivity contribution in [2.45, 2.75) is 0 Å². The first-order chi connectivity index (χ1) is 12.3. The lowest BCUT2D eigenvalue weighted by Crippen LogP contribution is -1.98. The summed E-state index contributed by atoms with van der Waals surface area (Å²) in [6.45, 7) is 0. The molecule has 0 amide bonds. The summed E-state index contributed by atoms with van der Waals surface area (Å²) in [6, 6.07) is 24.1. The highest BCUT2D eigenvalue weighted by molar-refractivity contribution is 5.83. The van der Waals surface area contributed by atoms with Crippen LogP contribution in [0.1, 0.15) is 0 Å². The van der Waals surface area contributed by atoms with Gasteiger partial charge in [0.1, 0.15) is 17.3 Å². The van der Waals surface area contributed by atoms with Crippen molar-refractivity contribution in [3.8, 4) is 28.6 Å². The maximum atomic E-state index is 5.39. The Kier molecular flexibility index (Phi) is 3.86. The summed E-state index contributed by atoms with van der Waals surface area (Å²) in [5, 5.41) is 0. The van der Waals surface area contributed by atoms with Gasteiger partial charge in [-0.25, -0.2) is 4.98 Å². The molecule has 0 fully saturated rings. The number of hydrogen-bond acceptors (Lipinski definition) is 3. The number of methoxy groups -OCH3 is 2. The zero-order chi connectivity index (χ0) is 17.2. The lowest BCUT2D eigenvalue weighted by atomic mass is 10.2. The van der Waals surface area contributed by atoms with Crippen molar-refractivity contribution in [2.24, 2.45) is 0 Å². The maximum Gasteiger partial charge on any atom is 0.145 e. The molecule has 0 saturated carbocycles. The maximum absolute atomic E-state index is 5.39. The standard InChI is InChI=1S/C21H18N2O2/c1-24-17-12-10-15(11-13-17)21-22-19-8-3-4-9-20(19)23(21)16-6-5-7-18(14-16)25-2/h3-14H,1-2H3. The van der Waals surface area contributed by atoms with E-state index in [1.165, 1.54) is 0 Å². The summed E-state index contributed by atoms with van der Waals surface area (Å²) in [4.78, 5) is 4.85. The van der Waals surface area contributed by atoms with E-state index >= 15 is 0 Å². The van der Waals surface area contributed by atoms with Gasteiger partial charge in [0, 0.05) is 11.6 Å². The van der Waals surface area contributed by atoms with E-state index in [-0.39, 0.29) is 0 Å². The topological polar surface area (TPSA) is 36.3 Å². The van der Waals surface area contributed by atoms with Crippen LogP contribution in [0.4, 0.5) is 0 Å². The number of nitrogens with zero attached hydrogens (tertiary/aromatic N) is 2. The van der Waals surface area contributed by atoms with Crippen LogP contribution in [0.15, 0.2) is 72.8 Å². The third kappa shape index (κ3) is 2.72. The van der Waals surface area contributed by atoms with E-state index in [1.807, 2.05) is 60.7 Å². The average molecular weight is 330 g/mol. The molecule has 124 valence electrons. The van der Waals surface area contributed by atoms with Gasteiger partial charge in [-0.2, -0.15) is 0 Å². The highest BCUT2D eigenvalue weighted by Gasteiger charge is 2.14. The van der Waals surface area contributed by atoms with Crippen molar-refractivity contribution in [2.75, 3.05) is 14.2 Å². The van der Waals surface area contributed by atoms with Gasteiger partial charge in [0.05, 0.1) is 30.9 Å². The molecule has 0 N–H and O–H groups in total. The van der Waals surface area contributed by atoms with E-state index in [0.29, 0.717) is 0 Å². The summed E-state index contributed by atoms with van der Waals surface area (Å²) >= 11 is 0. The summed E-state index contributed by atoms with van der Waals surface area (Å²) in [7, 11) is 3.34. The van der Waals surface area contributed by atoms with Crippen molar-refractivity contribution in [3.63, 3.8) is 0 Å². The van der Waals surface area contributed by atoms with Gasteiger partial charge in [-0.15, -0.1) is 0 Å². The minimum Gasteiger partial charge on any atom is -0.497 e. The number of benzene rings is 3. The fourth-order valence-electron chi connectivity index (χ4n) is 2.97. The molecule has 4 nitrogen and oxygen atoms in total. The molecule has 0 unspecified atom stereocenters. The molecular formula is C21H18N2O2. The highest BCUT2D eigenvalue weighted by atomic mass is 16.5. The molecule has 0 saturated heterocycles. The number of ether oxygens (including phenoxy) is 2. The van der Waals surface area contributed by atoms with Crippen LogP contribution in [0.25, 0.3) is 28.1 Å². The van der Waals surface area contributed by atoms with E-state index in [9.17, 15) is 0 Å². The fraction of sp³-hybridized carbons (Fsp3) is 0.0952. The Balaban J connectivity index is 1.97. The first-order valence-electron chi connectivity index (χ1n) is 8.06. The smallest absolute Gasteiger partial charge is 0.145 e. The summed E-state index contributed by atoms with van der Waals surface area (Å²) in [5.74, 6) is 2.53. The van der Waals surface area contributed by atoms with Gasteiger partial charge in [-0.1, -0.05) is 18.2 Å². The molecule has 1 heterocycles. The van der Waals surface area contributed by atoms with Crippen LogP contribution in [0.2, 0.25) is 0 Å². The predicted molar refractivity (Wildman–Crippen MR) is 99.6 cm³/mol. The number of aromatic nitrogens is 2. The Hall–Kier alpha value is -3.27. The van der Waals surface area contributed by atoms with Crippen LogP contribution in [-0.2, 0) is 0 Å². The molecule has 4 heteroatoms. The molecule has 0 spiro atoms. The number of fused-ring (bicyclic) bond motifs is 1. The molecule has 3 aromatic carbocycles. The first-order valence-corrected chi connectivity index (χ1v) is 8.06. The number of rotatable bonds is 4. The Morgan fingerprint density at radius 2 is 1.52 bits per heavy atom. The summed E-state index contributed by atoms with van der Waals surface area (Å²) in [6.07, 6.45) is 0. The number of imidazole rings is 1.